The summed E-state index contributed by atoms with van der Waals surface area (Å²) < 4.78 is 0. The molecular formula is C12H12. The van der Waals surface area contributed by atoms with Gasteiger partial charge in [0, 0.05) is 0 Å². The van der Waals surface area contributed by atoms with Gasteiger partial charge in [-0.25, -0.2) is 0 Å². The van der Waals surface area contributed by atoms with Gasteiger partial charge in [-0.05, 0) is 25.0 Å². The quantitative estimate of drug-likeness (QED) is 0.548. The van der Waals surface area contributed by atoms with E-state index in [2.05, 4.69) is 50.2 Å². The minimum atomic E-state index is 1.33. The predicted molar refractivity (Wildman–Crippen MR) is 52.5 cm³/mol. The molecule has 0 aliphatic heterocycles. The van der Waals surface area contributed by atoms with E-state index in [9.17, 15) is 0 Å². The normalized spacial score (nSPS) is 10.5. The third-order valence-electron chi connectivity index (χ3n) is 2.11. The van der Waals surface area contributed by atoms with Crippen LogP contribution in [0.4, 0.5) is 0 Å². The highest BCUT2D eigenvalue weighted by Crippen LogP contribution is 2.23. The number of rotatable bonds is 0. The molecule has 0 unspecified atom stereocenters. The molecule has 12 heavy (non-hydrogen) atoms. The van der Waals surface area contributed by atoms with Crippen LogP contribution in [0.5, 0.6) is 0 Å². The van der Waals surface area contributed by atoms with Crippen molar-refractivity contribution in [1.29, 1.82) is 0 Å². The molecule has 0 heteroatoms. The molecule has 60 valence electrons. The third kappa shape index (κ3) is 1.20. The lowest BCUT2D eigenvalue weighted by atomic mass is 10.2. The Balaban J connectivity index is 2.75. The van der Waals surface area contributed by atoms with E-state index in [4.69, 9.17) is 0 Å². The van der Waals surface area contributed by atoms with Gasteiger partial charge in [0.15, 0.2) is 0 Å². The molecule has 0 heterocycles. The average molecular weight is 156 g/mol. The highest BCUT2D eigenvalue weighted by Gasteiger charge is 1.99. The monoisotopic (exact) mass is 156 g/mol. The van der Waals surface area contributed by atoms with E-state index < -0.39 is 0 Å². The first-order chi connectivity index (χ1) is 5.75. The molecule has 0 atom stereocenters. The molecule has 0 bridgehead atoms. The first-order valence-corrected chi connectivity index (χ1v) is 4.23. The van der Waals surface area contributed by atoms with Crippen LogP contribution >= 0.6 is 0 Å². The molecule has 0 spiro atoms. The minimum absolute atomic E-state index is 1.33. The van der Waals surface area contributed by atoms with E-state index in [1.54, 1.807) is 0 Å². The van der Waals surface area contributed by atoms with E-state index in [1.165, 1.54) is 22.3 Å². The minimum Gasteiger partial charge on any atom is -0.0610 e. The van der Waals surface area contributed by atoms with Crippen molar-refractivity contribution in [3.05, 3.63) is 47.5 Å². The summed E-state index contributed by atoms with van der Waals surface area (Å²) in [6, 6.07) is 13.1. The van der Waals surface area contributed by atoms with Crippen molar-refractivity contribution in [3.63, 3.8) is 0 Å². The molecule has 0 saturated carbocycles. The molecule has 0 radical (unpaired) electrons. The summed E-state index contributed by atoms with van der Waals surface area (Å²) in [7, 11) is 0. The Bertz CT molecular complexity index is 340. The SMILES string of the molecule is Cc1cc(C)cc2cccc-2c1. The molecule has 0 fully saturated rings. The van der Waals surface area contributed by atoms with Crippen LogP contribution in [-0.4, -0.2) is 0 Å². The van der Waals surface area contributed by atoms with Gasteiger partial charge in [0.05, 0.1) is 0 Å². The summed E-state index contributed by atoms with van der Waals surface area (Å²) in [5.74, 6) is 0. The van der Waals surface area contributed by atoms with Crippen LogP contribution in [0, 0.1) is 13.8 Å². The van der Waals surface area contributed by atoms with Gasteiger partial charge in [0.25, 0.3) is 0 Å². The van der Waals surface area contributed by atoms with Crippen molar-refractivity contribution in [2.45, 2.75) is 13.8 Å². The number of hydrogen-bond donors (Lipinski definition) is 0. The zero-order valence-electron chi connectivity index (χ0n) is 7.46. The first-order valence-electron chi connectivity index (χ1n) is 4.23. The lowest BCUT2D eigenvalue weighted by Gasteiger charge is -1.89. The molecule has 2 rings (SSSR count). The third-order valence-corrected chi connectivity index (χ3v) is 2.11. The number of hydrogen-bond acceptors (Lipinski definition) is 0. The van der Waals surface area contributed by atoms with Crippen LogP contribution in [-0.2, 0) is 0 Å². The number of fused-ring (bicyclic) bond motifs is 1. The molecule has 2 aliphatic rings. The Kier molecular flexibility index (Phi) is 1.61. The second kappa shape index (κ2) is 2.63. The fourth-order valence-corrected chi connectivity index (χ4v) is 1.64. The van der Waals surface area contributed by atoms with Crippen molar-refractivity contribution in [1.82, 2.24) is 0 Å². The Morgan fingerprint density at radius 1 is 0.750 bits per heavy atom. The molecule has 0 amide bonds. The highest BCUT2D eigenvalue weighted by molar-refractivity contribution is 5.67. The van der Waals surface area contributed by atoms with E-state index >= 15 is 0 Å². The predicted octanol–water partition coefficient (Wildman–Crippen LogP) is 3.41. The Hall–Kier alpha value is -1.30. The van der Waals surface area contributed by atoms with Gasteiger partial charge in [-0.2, -0.15) is 0 Å². The zero-order valence-corrected chi connectivity index (χ0v) is 7.46. The molecule has 0 aromatic heterocycles. The van der Waals surface area contributed by atoms with E-state index in [0.29, 0.717) is 0 Å². The smallest absolute Gasteiger partial charge is 0.0181 e. The number of aryl methyl sites for hydroxylation is 2. The van der Waals surface area contributed by atoms with Crippen LogP contribution < -0.4 is 0 Å². The molecule has 0 saturated heterocycles. The molecular weight excluding hydrogens is 144 g/mol. The zero-order chi connectivity index (χ0) is 8.55. The Morgan fingerprint density at radius 3 is 1.75 bits per heavy atom. The second-order valence-corrected chi connectivity index (χ2v) is 3.36. The average Bonchev–Trinajstić information content (AvgIpc) is 2.31. The topological polar surface area (TPSA) is 0 Å². The molecule has 0 aromatic rings. The Labute approximate surface area is 73.2 Å². The van der Waals surface area contributed by atoms with E-state index in [0.717, 1.165) is 0 Å². The lowest BCUT2D eigenvalue weighted by Crippen LogP contribution is -1.64. The van der Waals surface area contributed by atoms with Crippen LogP contribution in [0.25, 0.3) is 11.1 Å². The standard InChI is InChI=1S/C12H12/c1-9-6-10(2)8-12-5-3-4-11(12)7-9/h3-8H,1-2H3. The van der Waals surface area contributed by atoms with E-state index in [-0.39, 0.29) is 0 Å². The maximum absolute atomic E-state index is 2.22. The molecule has 0 aromatic carbocycles. The van der Waals surface area contributed by atoms with Crippen molar-refractivity contribution in [2.24, 2.45) is 0 Å². The van der Waals surface area contributed by atoms with Crippen LogP contribution in [0.15, 0.2) is 36.4 Å². The van der Waals surface area contributed by atoms with Gasteiger partial charge in [-0.15, -0.1) is 0 Å². The summed E-state index contributed by atoms with van der Waals surface area (Å²) in [6.07, 6.45) is 0. The van der Waals surface area contributed by atoms with Crippen molar-refractivity contribution >= 4 is 0 Å². The van der Waals surface area contributed by atoms with Gasteiger partial charge >= 0.3 is 0 Å². The lowest BCUT2D eigenvalue weighted by molar-refractivity contribution is 1.44. The molecule has 0 nitrogen and oxygen atoms in total. The fraction of sp³-hybridized carbons (Fsp3) is 0.167. The van der Waals surface area contributed by atoms with Crippen LogP contribution in [0.3, 0.4) is 0 Å². The summed E-state index contributed by atoms with van der Waals surface area (Å²) in [5.41, 5.74) is 5.32. The summed E-state index contributed by atoms with van der Waals surface area (Å²) >= 11 is 0. The van der Waals surface area contributed by atoms with Gasteiger partial charge in [0.1, 0.15) is 0 Å². The van der Waals surface area contributed by atoms with Crippen molar-refractivity contribution in [2.75, 3.05) is 0 Å². The Morgan fingerprint density at radius 2 is 1.25 bits per heavy atom. The van der Waals surface area contributed by atoms with Crippen LogP contribution in [0.2, 0.25) is 0 Å². The van der Waals surface area contributed by atoms with Gasteiger partial charge in [-0.3, -0.25) is 0 Å². The second-order valence-electron chi connectivity index (χ2n) is 3.36. The summed E-state index contributed by atoms with van der Waals surface area (Å²) in [5, 5.41) is 0. The first kappa shape index (κ1) is 7.35. The summed E-state index contributed by atoms with van der Waals surface area (Å²) in [4.78, 5) is 0. The maximum Gasteiger partial charge on any atom is -0.0181 e. The largest absolute Gasteiger partial charge is 0.0610 e. The van der Waals surface area contributed by atoms with E-state index in [1.807, 2.05) is 0 Å². The maximum atomic E-state index is 2.22. The van der Waals surface area contributed by atoms with Gasteiger partial charge < -0.3 is 0 Å². The van der Waals surface area contributed by atoms with Crippen molar-refractivity contribution in [3.8, 4) is 11.1 Å². The molecule has 2 aliphatic carbocycles. The molecule has 0 N–H and O–H groups in total. The van der Waals surface area contributed by atoms with Gasteiger partial charge in [-0.1, -0.05) is 47.5 Å². The fourth-order valence-electron chi connectivity index (χ4n) is 1.64. The van der Waals surface area contributed by atoms with Crippen molar-refractivity contribution < 1.29 is 0 Å². The van der Waals surface area contributed by atoms with Crippen LogP contribution in [0.1, 0.15) is 11.1 Å². The van der Waals surface area contributed by atoms with Gasteiger partial charge in [0.2, 0.25) is 0 Å². The summed E-state index contributed by atoms with van der Waals surface area (Å²) in [6.45, 7) is 4.28. The highest BCUT2D eigenvalue weighted by atomic mass is 14.0.